The Balaban J connectivity index is 2.49. The van der Waals surface area contributed by atoms with E-state index < -0.39 is 11.4 Å². The summed E-state index contributed by atoms with van der Waals surface area (Å²) in [5.74, 6) is -1.24. The number of hydrogen-bond acceptors (Lipinski definition) is 3. The maximum absolute atomic E-state index is 11.6. The summed E-state index contributed by atoms with van der Waals surface area (Å²) in [7, 11) is 1.79. The van der Waals surface area contributed by atoms with Gasteiger partial charge in [0, 0.05) is 25.0 Å². The van der Waals surface area contributed by atoms with Crippen molar-refractivity contribution in [2.24, 2.45) is 7.05 Å². The van der Waals surface area contributed by atoms with Crippen LogP contribution in [-0.4, -0.2) is 25.4 Å². The van der Waals surface area contributed by atoms with Crippen LogP contribution in [0.3, 0.4) is 0 Å². The lowest BCUT2D eigenvalue weighted by molar-refractivity contribution is 0.0694. The molecular formula is C14H16ClN3O3. The van der Waals surface area contributed by atoms with Crippen LogP contribution in [0.25, 0.3) is 0 Å². The van der Waals surface area contributed by atoms with E-state index in [-0.39, 0.29) is 5.56 Å². The van der Waals surface area contributed by atoms with E-state index in [4.69, 9.17) is 16.7 Å². The van der Waals surface area contributed by atoms with Crippen LogP contribution in [0.1, 0.15) is 34.4 Å². The van der Waals surface area contributed by atoms with Gasteiger partial charge < -0.3 is 9.67 Å². The molecule has 2 rings (SSSR count). The molecule has 0 aromatic carbocycles. The molecule has 0 radical (unpaired) electrons. The molecule has 7 heteroatoms. The Kier molecular flexibility index (Phi) is 4.18. The van der Waals surface area contributed by atoms with E-state index in [0.29, 0.717) is 17.3 Å². The van der Waals surface area contributed by atoms with Crippen LogP contribution < -0.4 is 5.43 Å². The number of halogens is 1. The Bertz CT molecular complexity index is 762. The predicted octanol–water partition coefficient (Wildman–Crippen LogP) is 1.85. The smallest absolute Gasteiger partial charge is 0.341 e. The Morgan fingerprint density at radius 1 is 1.48 bits per heavy atom. The van der Waals surface area contributed by atoms with Gasteiger partial charge in [-0.15, -0.1) is 0 Å². The summed E-state index contributed by atoms with van der Waals surface area (Å²) in [6.07, 6.45) is 2.06. The average Bonchev–Trinajstić information content (AvgIpc) is 2.68. The molecule has 0 aliphatic heterocycles. The number of nitrogens with zero attached hydrogens (tertiary/aromatic N) is 3. The zero-order valence-corrected chi connectivity index (χ0v) is 12.8. The lowest BCUT2D eigenvalue weighted by Crippen LogP contribution is -2.20. The van der Waals surface area contributed by atoms with E-state index in [1.54, 1.807) is 23.2 Å². The number of aromatic nitrogens is 3. The number of hydrogen-bond donors (Lipinski definition) is 1. The highest BCUT2D eigenvalue weighted by Crippen LogP contribution is 2.22. The molecular weight excluding hydrogens is 294 g/mol. The highest BCUT2D eigenvalue weighted by Gasteiger charge is 2.16. The number of carboxylic acids is 1. The van der Waals surface area contributed by atoms with Crippen LogP contribution in [0, 0.1) is 6.92 Å². The van der Waals surface area contributed by atoms with Crippen molar-refractivity contribution >= 4 is 17.6 Å². The third-order valence-corrected chi connectivity index (χ3v) is 3.83. The molecule has 2 aromatic rings. The minimum atomic E-state index is -1.24. The standard InChI is InChI=1S/C14H16ClN3O3/c1-4-10-13(15)11(17(3)16-10)7-18-6-9(14(20)21)12(19)5-8(18)2/h5-6H,4,7H2,1-3H3,(H,20,21). The van der Waals surface area contributed by atoms with Gasteiger partial charge in [0.2, 0.25) is 0 Å². The van der Waals surface area contributed by atoms with Crippen LogP contribution in [0.15, 0.2) is 17.1 Å². The maximum Gasteiger partial charge on any atom is 0.341 e. The average molecular weight is 310 g/mol. The molecule has 0 fully saturated rings. The molecule has 2 aromatic heterocycles. The van der Waals surface area contributed by atoms with Gasteiger partial charge in [-0.25, -0.2) is 4.79 Å². The first-order valence-electron chi connectivity index (χ1n) is 6.49. The molecule has 2 heterocycles. The summed E-state index contributed by atoms with van der Waals surface area (Å²) in [4.78, 5) is 22.7. The summed E-state index contributed by atoms with van der Waals surface area (Å²) in [5.41, 5.74) is 1.49. The molecule has 0 bridgehead atoms. The van der Waals surface area contributed by atoms with Gasteiger partial charge in [-0.2, -0.15) is 5.10 Å². The van der Waals surface area contributed by atoms with E-state index in [0.717, 1.165) is 17.8 Å². The van der Waals surface area contributed by atoms with Gasteiger partial charge in [0.25, 0.3) is 0 Å². The molecule has 0 spiro atoms. The summed E-state index contributed by atoms with van der Waals surface area (Å²) in [5, 5.41) is 13.9. The molecule has 0 aliphatic rings. The molecule has 0 atom stereocenters. The SMILES string of the molecule is CCc1nn(C)c(Cn2cc(C(=O)O)c(=O)cc2C)c1Cl. The number of pyridine rings is 1. The summed E-state index contributed by atoms with van der Waals surface area (Å²) in [6, 6.07) is 1.31. The van der Waals surface area contributed by atoms with Crippen molar-refractivity contribution < 1.29 is 9.90 Å². The summed E-state index contributed by atoms with van der Waals surface area (Å²) < 4.78 is 3.37. The second-order valence-corrected chi connectivity index (χ2v) is 5.19. The second kappa shape index (κ2) is 5.73. The molecule has 0 aliphatic carbocycles. The van der Waals surface area contributed by atoms with Crippen LogP contribution in [0.2, 0.25) is 5.02 Å². The normalized spacial score (nSPS) is 10.9. The number of carbonyl (C=O) groups is 1. The molecule has 0 unspecified atom stereocenters. The quantitative estimate of drug-likeness (QED) is 0.935. The predicted molar refractivity (Wildman–Crippen MR) is 79.1 cm³/mol. The first kappa shape index (κ1) is 15.3. The van der Waals surface area contributed by atoms with E-state index in [9.17, 15) is 9.59 Å². The zero-order chi connectivity index (χ0) is 15.7. The minimum absolute atomic E-state index is 0.255. The Labute approximate surface area is 126 Å². The van der Waals surface area contributed by atoms with Crippen molar-refractivity contribution in [1.82, 2.24) is 14.3 Å². The highest BCUT2D eigenvalue weighted by molar-refractivity contribution is 6.31. The number of aryl methyl sites for hydroxylation is 3. The summed E-state index contributed by atoms with van der Waals surface area (Å²) in [6.45, 7) is 4.07. The third kappa shape index (κ3) is 2.85. The maximum atomic E-state index is 11.6. The molecule has 21 heavy (non-hydrogen) atoms. The van der Waals surface area contributed by atoms with Gasteiger partial charge in [-0.05, 0) is 13.3 Å². The van der Waals surface area contributed by atoms with Crippen LogP contribution in [0.4, 0.5) is 0 Å². The Hall–Kier alpha value is -2.08. The molecule has 0 saturated carbocycles. The van der Waals surface area contributed by atoms with Gasteiger partial charge in [-0.1, -0.05) is 18.5 Å². The van der Waals surface area contributed by atoms with Crippen LogP contribution in [-0.2, 0) is 20.0 Å². The molecule has 112 valence electrons. The Morgan fingerprint density at radius 3 is 2.67 bits per heavy atom. The Morgan fingerprint density at radius 2 is 2.14 bits per heavy atom. The zero-order valence-electron chi connectivity index (χ0n) is 12.1. The van der Waals surface area contributed by atoms with Gasteiger partial charge in [-0.3, -0.25) is 9.48 Å². The molecule has 6 nitrogen and oxygen atoms in total. The fourth-order valence-corrected chi connectivity index (χ4v) is 2.51. The van der Waals surface area contributed by atoms with Crippen molar-refractivity contribution in [1.29, 1.82) is 0 Å². The summed E-state index contributed by atoms with van der Waals surface area (Å²) >= 11 is 6.29. The van der Waals surface area contributed by atoms with Crippen molar-refractivity contribution in [3.05, 3.63) is 50.2 Å². The lowest BCUT2D eigenvalue weighted by atomic mass is 10.2. The van der Waals surface area contributed by atoms with E-state index in [1.165, 1.54) is 12.3 Å². The van der Waals surface area contributed by atoms with Crippen molar-refractivity contribution in [2.45, 2.75) is 26.8 Å². The molecule has 1 N–H and O–H groups in total. The van der Waals surface area contributed by atoms with Crippen molar-refractivity contribution in [2.75, 3.05) is 0 Å². The second-order valence-electron chi connectivity index (χ2n) is 4.81. The number of carboxylic acid groups (broad SMARTS) is 1. The first-order chi connectivity index (χ1) is 9.85. The number of aromatic carboxylic acids is 1. The van der Waals surface area contributed by atoms with E-state index in [1.807, 2.05) is 6.92 Å². The van der Waals surface area contributed by atoms with Crippen molar-refractivity contribution in [3.8, 4) is 0 Å². The first-order valence-corrected chi connectivity index (χ1v) is 6.87. The van der Waals surface area contributed by atoms with Crippen LogP contribution in [0.5, 0.6) is 0 Å². The topological polar surface area (TPSA) is 77.1 Å². The van der Waals surface area contributed by atoms with Crippen molar-refractivity contribution in [3.63, 3.8) is 0 Å². The van der Waals surface area contributed by atoms with Gasteiger partial charge in [0.05, 0.1) is 23.0 Å². The van der Waals surface area contributed by atoms with E-state index in [2.05, 4.69) is 5.10 Å². The van der Waals surface area contributed by atoms with Gasteiger partial charge in [0.1, 0.15) is 5.56 Å². The minimum Gasteiger partial charge on any atom is -0.477 e. The number of rotatable bonds is 4. The van der Waals surface area contributed by atoms with Gasteiger partial charge in [0.15, 0.2) is 5.43 Å². The third-order valence-electron chi connectivity index (χ3n) is 3.40. The van der Waals surface area contributed by atoms with E-state index >= 15 is 0 Å². The molecule has 0 saturated heterocycles. The fraction of sp³-hybridized carbons (Fsp3) is 0.357. The largest absolute Gasteiger partial charge is 0.477 e. The van der Waals surface area contributed by atoms with Crippen LogP contribution >= 0.6 is 11.6 Å². The molecule has 0 amide bonds. The lowest BCUT2D eigenvalue weighted by Gasteiger charge is -2.12. The highest BCUT2D eigenvalue weighted by atomic mass is 35.5. The van der Waals surface area contributed by atoms with Gasteiger partial charge >= 0.3 is 5.97 Å². The monoisotopic (exact) mass is 309 g/mol. The fourth-order valence-electron chi connectivity index (χ4n) is 2.16.